The predicted molar refractivity (Wildman–Crippen MR) is 79.1 cm³/mol. The van der Waals surface area contributed by atoms with Crippen molar-refractivity contribution < 1.29 is 13.2 Å². The second-order valence-electron chi connectivity index (χ2n) is 5.57. The van der Waals surface area contributed by atoms with E-state index in [4.69, 9.17) is 0 Å². The Bertz CT molecular complexity index is 575. The predicted octanol–water partition coefficient (Wildman–Crippen LogP) is 1.97. The molecule has 0 unspecified atom stereocenters. The number of carbonyl (C=O) groups is 1. The first-order chi connectivity index (χ1) is 9.44. The van der Waals surface area contributed by atoms with Gasteiger partial charge >= 0.3 is 0 Å². The van der Waals surface area contributed by atoms with Crippen molar-refractivity contribution in [3.8, 4) is 0 Å². The highest BCUT2D eigenvalue weighted by molar-refractivity contribution is 7.91. The number of sulfone groups is 1. The van der Waals surface area contributed by atoms with Crippen molar-refractivity contribution in [2.45, 2.75) is 44.4 Å². The van der Waals surface area contributed by atoms with Crippen LogP contribution in [0.2, 0.25) is 0 Å². The first-order valence-corrected chi connectivity index (χ1v) is 8.82. The number of rotatable bonds is 5. The molecule has 1 fully saturated rings. The zero-order valence-electron chi connectivity index (χ0n) is 11.8. The van der Waals surface area contributed by atoms with Gasteiger partial charge in [0.2, 0.25) is 5.91 Å². The molecule has 0 aliphatic heterocycles. The average Bonchev–Trinajstić information content (AvgIpc) is 2.79. The Morgan fingerprint density at radius 1 is 1.30 bits per heavy atom. The standard InChI is InChI=1S/C15H21NO3S/c1-12-5-4-6-13(9-12)10-20(18,19)11-15(17)16-14-7-2-3-8-14/h4-6,9,14H,2-3,7-8,10-11H2,1H3,(H,16,17). The minimum atomic E-state index is -3.40. The molecule has 20 heavy (non-hydrogen) atoms. The summed E-state index contributed by atoms with van der Waals surface area (Å²) in [6.45, 7) is 1.92. The second-order valence-corrected chi connectivity index (χ2v) is 7.63. The monoisotopic (exact) mass is 295 g/mol. The van der Waals surface area contributed by atoms with Crippen molar-refractivity contribution in [2.75, 3.05) is 5.75 Å². The van der Waals surface area contributed by atoms with Gasteiger partial charge in [0.05, 0.1) is 5.75 Å². The molecule has 0 heterocycles. The average molecular weight is 295 g/mol. The van der Waals surface area contributed by atoms with Gasteiger partial charge in [-0.3, -0.25) is 4.79 Å². The van der Waals surface area contributed by atoms with Gasteiger partial charge in [-0.1, -0.05) is 42.7 Å². The fraction of sp³-hybridized carbons (Fsp3) is 0.533. The van der Waals surface area contributed by atoms with Crippen LogP contribution >= 0.6 is 0 Å². The first kappa shape index (κ1) is 15.0. The van der Waals surface area contributed by atoms with E-state index in [1.165, 1.54) is 0 Å². The molecule has 1 aliphatic carbocycles. The number of amides is 1. The molecule has 5 heteroatoms. The molecule has 1 aromatic rings. The van der Waals surface area contributed by atoms with Crippen LogP contribution in [0.3, 0.4) is 0 Å². The molecule has 0 saturated heterocycles. The molecular weight excluding hydrogens is 274 g/mol. The van der Waals surface area contributed by atoms with Crippen LogP contribution in [0, 0.1) is 6.92 Å². The highest BCUT2D eigenvalue weighted by Crippen LogP contribution is 2.17. The maximum absolute atomic E-state index is 12.0. The minimum Gasteiger partial charge on any atom is -0.352 e. The van der Waals surface area contributed by atoms with E-state index in [9.17, 15) is 13.2 Å². The van der Waals surface area contributed by atoms with E-state index < -0.39 is 15.6 Å². The fourth-order valence-corrected chi connectivity index (χ4v) is 3.92. The molecule has 0 bridgehead atoms. The Morgan fingerprint density at radius 2 is 2.00 bits per heavy atom. The SMILES string of the molecule is Cc1cccc(CS(=O)(=O)CC(=O)NC2CCCC2)c1. The number of carbonyl (C=O) groups excluding carboxylic acids is 1. The van der Waals surface area contributed by atoms with Crippen LogP contribution < -0.4 is 5.32 Å². The van der Waals surface area contributed by atoms with Gasteiger partial charge in [0.15, 0.2) is 9.84 Å². The van der Waals surface area contributed by atoms with Crippen molar-refractivity contribution in [3.05, 3.63) is 35.4 Å². The van der Waals surface area contributed by atoms with E-state index in [1.807, 2.05) is 25.1 Å². The van der Waals surface area contributed by atoms with Gasteiger partial charge in [-0.15, -0.1) is 0 Å². The Morgan fingerprint density at radius 3 is 2.65 bits per heavy atom. The maximum atomic E-state index is 12.0. The first-order valence-electron chi connectivity index (χ1n) is 7.00. The summed E-state index contributed by atoms with van der Waals surface area (Å²) in [6, 6.07) is 7.53. The molecular formula is C15H21NO3S. The van der Waals surface area contributed by atoms with Gasteiger partial charge in [0.25, 0.3) is 0 Å². The van der Waals surface area contributed by atoms with Crippen LogP contribution in [0.5, 0.6) is 0 Å². The highest BCUT2D eigenvalue weighted by atomic mass is 32.2. The van der Waals surface area contributed by atoms with Crippen molar-refractivity contribution in [1.82, 2.24) is 5.32 Å². The Labute approximate surface area is 120 Å². The molecule has 0 radical (unpaired) electrons. The summed E-state index contributed by atoms with van der Waals surface area (Å²) in [4.78, 5) is 11.8. The van der Waals surface area contributed by atoms with E-state index >= 15 is 0 Å². The Kier molecular flexibility index (Phi) is 4.81. The van der Waals surface area contributed by atoms with Gasteiger partial charge in [-0.2, -0.15) is 0 Å². The van der Waals surface area contributed by atoms with E-state index in [0.29, 0.717) is 0 Å². The molecule has 1 aromatic carbocycles. The highest BCUT2D eigenvalue weighted by Gasteiger charge is 2.21. The molecule has 1 N–H and O–H groups in total. The van der Waals surface area contributed by atoms with Gasteiger partial charge in [-0.25, -0.2) is 8.42 Å². The molecule has 1 saturated carbocycles. The zero-order chi connectivity index (χ0) is 14.6. The summed E-state index contributed by atoms with van der Waals surface area (Å²) in [5.41, 5.74) is 1.76. The van der Waals surface area contributed by atoms with Crippen molar-refractivity contribution >= 4 is 15.7 Å². The number of aryl methyl sites for hydroxylation is 1. The van der Waals surface area contributed by atoms with Crippen LogP contribution in [-0.2, 0) is 20.4 Å². The molecule has 4 nitrogen and oxygen atoms in total. The molecule has 2 rings (SSSR count). The van der Waals surface area contributed by atoms with Crippen molar-refractivity contribution in [1.29, 1.82) is 0 Å². The van der Waals surface area contributed by atoms with Crippen LogP contribution in [0.1, 0.15) is 36.8 Å². The number of benzene rings is 1. The van der Waals surface area contributed by atoms with Crippen LogP contribution in [0.15, 0.2) is 24.3 Å². The van der Waals surface area contributed by atoms with Gasteiger partial charge in [-0.05, 0) is 25.3 Å². The number of hydrogen-bond donors (Lipinski definition) is 1. The largest absolute Gasteiger partial charge is 0.352 e. The Hall–Kier alpha value is -1.36. The van der Waals surface area contributed by atoms with Gasteiger partial charge in [0, 0.05) is 6.04 Å². The maximum Gasteiger partial charge on any atom is 0.235 e. The third-order valence-electron chi connectivity index (χ3n) is 3.54. The molecule has 0 aromatic heterocycles. The van der Waals surface area contributed by atoms with Gasteiger partial charge < -0.3 is 5.32 Å². The minimum absolute atomic E-state index is 0.0766. The van der Waals surface area contributed by atoms with E-state index in [2.05, 4.69) is 5.32 Å². The lowest BCUT2D eigenvalue weighted by molar-refractivity contribution is -0.119. The smallest absolute Gasteiger partial charge is 0.235 e. The third-order valence-corrected chi connectivity index (χ3v) is 5.02. The van der Waals surface area contributed by atoms with Crippen LogP contribution in [0.25, 0.3) is 0 Å². The quantitative estimate of drug-likeness (QED) is 0.903. The summed E-state index contributed by atoms with van der Waals surface area (Å²) in [6.07, 6.45) is 4.15. The van der Waals surface area contributed by atoms with Crippen molar-refractivity contribution in [3.63, 3.8) is 0 Å². The van der Waals surface area contributed by atoms with E-state index in [1.54, 1.807) is 6.07 Å². The zero-order valence-corrected chi connectivity index (χ0v) is 12.6. The lowest BCUT2D eigenvalue weighted by Crippen LogP contribution is -2.37. The summed E-state index contributed by atoms with van der Waals surface area (Å²) < 4.78 is 24.1. The van der Waals surface area contributed by atoms with E-state index in [0.717, 1.165) is 36.8 Å². The number of hydrogen-bond acceptors (Lipinski definition) is 3. The normalized spacial score (nSPS) is 16.2. The lowest BCUT2D eigenvalue weighted by Gasteiger charge is -2.12. The third kappa shape index (κ3) is 4.63. The number of nitrogens with one attached hydrogen (secondary N) is 1. The molecule has 1 amide bonds. The molecule has 0 atom stereocenters. The van der Waals surface area contributed by atoms with Gasteiger partial charge in [0.1, 0.15) is 5.75 Å². The Balaban J connectivity index is 1.91. The van der Waals surface area contributed by atoms with Crippen LogP contribution in [-0.4, -0.2) is 26.1 Å². The summed E-state index contributed by atoms with van der Waals surface area (Å²) in [7, 11) is -3.40. The van der Waals surface area contributed by atoms with E-state index in [-0.39, 0.29) is 17.7 Å². The molecule has 0 spiro atoms. The van der Waals surface area contributed by atoms with Crippen molar-refractivity contribution in [2.24, 2.45) is 0 Å². The summed E-state index contributed by atoms with van der Waals surface area (Å²) in [5.74, 6) is -0.867. The second kappa shape index (κ2) is 6.39. The summed E-state index contributed by atoms with van der Waals surface area (Å²) in [5, 5.41) is 2.81. The molecule has 110 valence electrons. The lowest BCUT2D eigenvalue weighted by atomic mass is 10.2. The van der Waals surface area contributed by atoms with Crippen LogP contribution in [0.4, 0.5) is 0 Å². The topological polar surface area (TPSA) is 63.2 Å². The molecule has 1 aliphatic rings. The fourth-order valence-electron chi connectivity index (χ4n) is 2.65. The summed E-state index contributed by atoms with van der Waals surface area (Å²) >= 11 is 0.